The summed E-state index contributed by atoms with van der Waals surface area (Å²) in [5, 5.41) is 0. The maximum absolute atomic E-state index is 12.1. The third-order valence-corrected chi connectivity index (χ3v) is 4.12. The van der Waals surface area contributed by atoms with Gasteiger partial charge >= 0.3 is 0 Å². The fourth-order valence-electron chi connectivity index (χ4n) is 1.43. The van der Waals surface area contributed by atoms with E-state index in [-0.39, 0.29) is 22.9 Å². The molecule has 0 amide bonds. The molecule has 17 heavy (non-hydrogen) atoms. The van der Waals surface area contributed by atoms with E-state index >= 15 is 0 Å². The molecule has 0 aromatic heterocycles. The Morgan fingerprint density at radius 2 is 1.76 bits per heavy atom. The van der Waals surface area contributed by atoms with Gasteiger partial charge in [-0.1, -0.05) is 39.0 Å². The van der Waals surface area contributed by atoms with Crippen LogP contribution < -0.4 is 10.5 Å². The van der Waals surface area contributed by atoms with Crippen LogP contribution >= 0.6 is 0 Å². The number of nitrogens with one attached hydrogen (secondary N) is 1. The molecule has 0 aliphatic heterocycles. The Balaban J connectivity index is 2.95. The minimum atomic E-state index is -3.48. The first-order valence-corrected chi connectivity index (χ1v) is 7.03. The summed E-state index contributed by atoms with van der Waals surface area (Å²) in [5.41, 5.74) is 5.41. The molecule has 0 radical (unpaired) electrons. The van der Waals surface area contributed by atoms with Gasteiger partial charge < -0.3 is 5.73 Å². The Bertz CT molecular complexity index is 449. The molecule has 0 heterocycles. The molecule has 0 aliphatic carbocycles. The third-order valence-electron chi connectivity index (χ3n) is 2.63. The van der Waals surface area contributed by atoms with E-state index in [1.54, 1.807) is 30.3 Å². The van der Waals surface area contributed by atoms with E-state index in [2.05, 4.69) is 4.72 Å². The van der Waals surface area contributed by atoms with Gasteiger partial charge in [-0.3, -0.25) is 0 Å². The maximum Gasteiger partial charge on any atom is 0.240 e. The van der Waals surface area contributed by atoms with E-state index in [4.69, 9.17) is 5.73 Å². The van der Waals surface area contributed by atoms with Gasteiger partial charge in [-0.05, 0) is 17.5 Å². The molecule has 5 heteroatoms. The van der Waals surface area contributed by atoms with Gasteiger partial charge in [0, 0.05) is 12.6 Å². The Kier molecular flexibility index (Phi) is 4.30. The highest BCUT2D eigenvalue weighted by Gasteiger charge is 2.28. The van der Waals surface area contributed by atoms with Gasteiger partial charge in [-0.2, -0.15) is 0 Å². The summed E-state index contributed by atoms with van der Waals surface area (Å²) in [6.45, 7) is 6.14. The molecule has 0 fully saturated rings. The normalized spacial score (nSPS) is 14.6. The summed E-state index contributed by atoms with van der Waals surface area (Å²) < 4.78 is 26.8. The average molecular weight is 256 g/mol. The second-order valence-electron chi connectivity index (χ2n) is 5.09. The van der Waals surface area contributed by atoms with Crippen molar-refractivity contribution < 1.29 is 8.42 Å². The molecular weight excluding hydrogens is 236 g/mol. The summed E-state index contributed by atoms with van der Waals surface area (Å²) in [6, 6.07) is 8.03. The number of hydrogen-bond acceptors (Lipinski definition) is 3. The highest BCUT2D eigenvalue weighted by atomic mass is 32.2. The monoisotopic (exact) mass is 256 g/mol. The van der Waals surface area contributed by atoms with Gasteiger partial charge in [0.15, 0.2) is 0 Å². The summed E-state index contributed by atoms with van der Waals surface area (Å²) >= 11 is 0. The first kappa shape index (κ1) is 14.2. The van der Waals surface area contributed by atoms with E-state index < -0.39 is 10.0 Å². The second kappa shape index (κ2) is 5.16. The van der Waals surface area contributed by atoms with Crippen LogP contribution in [0.4, 0.5) is 0 Å². The fourth-order valence-corrected chi connectivity index (χ4v) is 2.91. The van der Waals surface area contributed by atoms with Crippen molar-refractivity contribution in [3.05, 3.63) is 30.3 Å². The molecule has 3 N–H and O–H groups in total. The first-order chi connectivity index (χ1) is 7.77. The minimum Gasteiger partial charge on any atom is -0.329 e. The van der Waals surface area contributed by atoms with Crippen molar-refractivity contribution in [1.29, 1.82) is 0 Å². The zero-order chi connectivity index (χ0) is 13.1. The molecule has 0 aliphatic rings. The lowest BCUT2D eigenvalue weighted by Crippen LogP contribution is -2.48. The number of sulfonamides is 1. The first-order valence-electron chi connectivity index (χ1n) is 5.55. The molecule has 0 saturated carbocycles. The van der Waals surface area contributed by atoms with Crippen molar-refractivity contribution in [2.75, 3.05) is 6.54 Å². The van der Waals surface area contributed by atoms with Gasteiger partial charge in [0.1, 0.15) is 0 Å². The van der Waals surface area contributed by atoms with Crippen molar-refractivity contribution >= 4 is 10.0 Å². The van der Waals surface area contributed by atoms with E-state index in [1.807, 2.05) is 20.8 Å². The standard InChI is InChI=1S/C12H20N2O2S/c1-12(2,3)11(9-13)14-17(15,16)10-7-5-4-6-8-10/h4-8,11,14H,9,13H2,1-3H3. The average Bonchev–Trinajstić information content (AvgIpc) is 2.25. The lowest BCUT2D eigenvalue weighted by molar-refractivity contribution is 0.304. The number of benzene rings is 1. The van der Waals surface area contributed by atoms with Crippen LogP contribution in [-0.2, 0) is 10.0 Å². The second-order valence-corrected chi connectivity index (χ2v) is 6.80. The SMILES string of the molecule is CC(C)(C)C(CN)NS(=O)(=O)c1ccccc1. The Hall–Kier alpha value is -0.910. The van der Waals surface area contributed by atoms with Crippen LogP contribution in [0, 0.1) is 5.41 Å². The minimum absolute atomic E-state index is 0.212. The zero-order valence-electron chi connectivity index (χ0n) is 10.5. The van der Waals surface area contributed by atoms with Gasteiger partial charge in [0.2, 0.25) is 10.0 Å². The van der Waals surface area contributed by atoms with Crippen molar-refractivity contribution in [2.45, 2.75) is 31.7 Å². The van der Waals surface area contributed by atoms with Crippen LogP contribution in [0.15, 0.2) is 35.2 Å². The number of nitrogens with two attached hydrogens (primary N) is 1. The molecule has 96 valence electrons. The van der Waals surface area contributed by atoms with E-state index in [1.165, 1.54) is 0 Å². The molecule has 4 nitrogen and oxygen atoms in total. The lowest BCUT2D eigenvalue weighted by atomic mass is 9.88. The molecular formula is C12H20N2O2S. The molecule has 1 aromatic carbocycles. The van der Waals surface area contributed by atoms with E-state index in [9.17, 15) is 8.42 Å². The Morgan fingerprint density at radius 1 is 1.24 bits per heavy atom. The predicted molar refractivity (Wildman–Crippen MR) is 69.1 cm³/mol. The molecule has 0 bridgehead atoms. The van der Waals surface area contributed by atoms with E-state index in [0.717, 1.165) is 0 Å². The molecule has 0 spiro atoms. The number of rotatable bonds is 4. The molecule has 1 atom stereocenters. The topological polar surface area (TPSA) is 72.2 Å². The maximum atomic E-state index is 12.1. The van der Waals surface area contributed by atoms with Crippen LogP contribution in [-0.4, -0.2) is 21.0 Å². The molecule has 1 rings (SSSR count). The van der Waals surface area contributed by atoms with Gasteiger partial charge in [-0.15, -0.1) is 0 Å². The highest BCUT2D eigenvalue weighted by molar-refractivity contribution is 7.89. The van der Waals surface area contributed by atoms with Gasteiger partial charge in [0.05, 0.1) is 4.90 Å². The fraction of sp³-hybridized carbons (Fsp3) is 0.500. The van der Waals surface area contributed by atoms with Crippen LogP contribution in [0.2, 0.25) is 0 Å². The number of hydrogen-bond donors (Lipinski definition) is 2. The summed E-state index contributed by atoms with van der Waals surface area (Å²) in [7, 11) is -3.48. The van der Waals surface area contributed by atoms with Crippen molar-refractivity contribution in [3.8, 4) is 0 Å². The molecule has 1 aromatic rings. The summed E-state index contributed by atoms with van der Waals surface area (Å²) in [5.74, 6) is 0. The zero-order valence-corrected chi connectivity index (χ0v) is 11.3. The third kappa shape index (κ3) is 3.80. The van der Waals surface area contributed by atoms with Crippen LogP contribution in [0.25, 0.3) is 0 Å². The van der Waals surface area contributed by atoms with Crippen LogP contribution in [0.3, 0.4) is 0 Å². The summed E-state index contributed by atoms with van der Waals surface area (Å²) in [4.78, 5) is 0.266. The highest BCUT2D eigenvalue weighted by Crippen LogP contribution is 2.20. The van der Waals surface area contributed by atoms with Gasteiger partial charge in [-0.25, -0.2) is 13.1 Å². The smallest absolute Gasteiger partial charge is 0.240 e. The van der Waals surface area contributed by atoms with E-state index in [0.29, 0.717) is 0 Å². The van der Waals surface area contributed by atoms with Crippen LogP contribution in [0.5, 0.6) is 0 Å². The molecule has 0 saturated heterocycles. The van der Waals surface area contributed by atoms with Gasteiger partial charge in [0.25, 0.3) is 0 Å². The Morgan fingerprint density at radius 3 is 2.18 bits per heavy atom. The van der Waals surface area contributed by atoms with Crippen molar-refractivity contribution in [3.63, 3.8) is 0 Å². The summed E-state index contributed by atoms with van der Waals surface area (Å²) in [6.07, 6.45) is 0. The lowest BCUT2D eigenvalue weighted by Gasteiger charge is -2.30. The van der Waals surface area contributed by atoms with Crippen molar-refractivity contribution in [1.82, 2.24) is 4.72 Å². The predicted octanol–water partition coefficient (Wildman–Crippen LogP) is 1.34. The quantitative estimate of drug-likeness (QED) is 0.854. The van der Waals surface area contributed by atoms with Crippen LogP contribution in [0.1, 0.15) is 20.8 Å². The van der Waals surface area contributed by atoms with Crippen molar-refractivity contribution in [2.24, 2.45) is 11.1 Å². The largest absolute Gasteiger partial charge is 0.329 e. The molecule has 1 unspecified atom stereocenters. The Labute approximate surface area is 103 Å².